The number of nitrogens with zero attached hydrogens (tertiary/aromatic N) is 1. The second-order valence-corrected chi connectivity index (χ2v) is 9.30. The summed E-state index contributed by atoms with van der Waals surface area (Å²) in [5.74, 6) is -0.505. The van der Waals surface area contributed by atoms with Crippen molar-refractivity contribution in [3.8, 4) is 0 Å². The van der Waals surface area contributed by atoms with Gasteiger partial charge in [-0.2, -0.15) is 0 Å². The minimum absolute atomic E-state index is 0.0939. The van der Waals surface area contributed by atoms with E-state index in [9.17, 15) is 18.0 Å². The molecule has 0 fully saturated rings. The maximum absolute atomic E-state index is 12.9. The highest BCUT2D eigenvalue weighted by Gasteiger charge is 2.21. The molecule has 0 heterocycles. The Morgan fingerprint density at radius 2 is 1.56 bits per heavy atom. The van der Waals surface area contributed by atoms with Crippen LogP contribution < -0.4 is 14.9 Å². The topological polar surface area (TPSA) is 95.6 Å². The van der Waals surface area contributed by atoms with E-state index in [0.717, 1.165) is 5.56 Å². The minimum Gasteiger partial charge on any atom is -0.346 e. The normalized spacial score (nSPS) is 12.0. The molecule has 3 rings (SSSR count). The van der Waals surface area contributed by atoms with Crippen LogP contribution in [0.15, 0.2) is 83.8 Å². The van der Waals surface area contributed by atoms with Gasteiger partial charge < -0.3 is 10.6 Å². The fourth-order valence-electron chi connectivity index (χ4n) is 3.17. The molecule has 166 valence electrons. The van der Waals surface area contributed by atoms with Crippen molar-refractivity contribution < 1.29 is 18.0 Å². The van der Waals surface area contributed by atoms with Crippen LogP contribution in [0.4, 0.5) is 11.4 Å². The SMILES string of the molecule is CC(=O)Nc1cccc(C(C)NC(=O)c2ccc(S(=O)(=O)N(C)c3ccccc3)cc2)c1. The average Bonchev–Trinajstić information content (AvgIpc) is 2.79. The summed E-state index contributed by atoms with van der Waals surface area (Å²) in [6.07, 6.45) is 0. The predicted molar refractivity (Wildman–Crippen MR) is 125 cm³/mol. The molecule has 3 aromatic carbocycles. The van der Waals surface area contributed by atoms with Crippen LogP contribution in [0.3, 0.4) is 0 Å². The number of carbonyl (C=O) groups is 2. The van der Waals surface area contributed by atoms with E-state index in [1.165, 1.54) is 42.5 Å². The van der Waals surface area contributed by atoms with Gasteiger partial charge in [-0.3, -0.25) is 13.9 Å². The zero-order valence-corrected chi connectivity index (χ0v) is 18.9. The Balaban J connectivity index is 1.72. The zero-order chi connectivity index (χ0) is 23.3. The van der Waals surface area contributed by atoms with E-state index >= 15 is 0 Å². The van der Waals surface area contributed by atoms with Gasteiger partial charge in [-0.15, -0.1) is 0 Å². The lowest BCUT2D eigenvalue weighted by atomic mass is 10.1. The Morgan fingerprint density at radius 1 is 0.906 bits per heavy atom. The van der Waals surface area contributed by atoms with Gasteiger partial charge in [0.15, 0.2) is 0 Å². The number of amides is 2. The summed E-state index contributed by atoms with van der Waals surface area (Å²) >= 11 is 0. The van der Waals surface area contributed by atoms with Gasteiger partial charge in [0.2, 0.25) is 5.91 Å². The fourth-order valence-corrected chi connectivity index (χ4v) is 4.36. The molecule has 8 heteroatoms. The summed E-state index contributed by atoms with van der Waals surface area (Å²) in [5.41, 5.74) is 2.36. The van der Waals surface area contributed by atoms with Gasteiger partial charge in [0.25, 0.3) is 15.9 Å². The molecule has 7 nitrogen and oxygen atoms in total. The molecule has 2 N–H and O–H groups in total. The van der Waals surface area contributed by atoms with Crippen molar-refractivity contribution in [2.45, 2.75) is 24.8 Å². The van der Waals surface area contributed by atoms with E-state index in [4.69, 9.17) is 0 Å². The molecule has 0 aliphatic rings. The van der Waals surface area contributed by atoms with Gasteiger partial charge >= 0.3 is 0 Å². The highest BCUT2D eigenvalue weighted by atomic mass is 32.2. The average molecular weight is 452 g/mol. The van der Waals surface area contributed by atoms with Crippen molar-refractivity contribution >= 4 is 33.2 Å². The molecule has 1 atom stereocenters. The molecular weight excluding hydrogens is 426 g/mol. The fraction of sp³-hybridized carbons (Fsp3) is 0.167. The summed E-state index contributed by atoms with van der Waals surface area (Å²) in [7, 11) is -2.26. The largest absolute Gasteiger partial charge is 0.346 e. The highest BCUT2D eigenvalue weighted by Crippen LogP contribution is 2.22. The number of para-hydroxylation sites is 1. The van der Waals surface area contributed by atoms with Gasteiger partial charge in [0.1, 0.15) is 0 Å². The third-order valence-corrected chi connectivity index (χ3v) is 6.75. The number of benzene rings is 3. The van der Waals surface area contributed by atoms with Crippen molar-refractivity contribution in [2.75, 3.05) is 16.7 Å². The van der Waals surface area contributed by atoms with Crippen LogP contribution in [-0.2, 0) is 14.8 Å². The van der Waals surface area contributed by atoms with Crippen LogP contribution in [0.25, 0.3) is 0 Å². The van der Waals surface area contributed by atoms with Gasteiger partial charge in [0, 0.05) is 25.2 Å². The van der Waals surface area contributed by atoms with E-state index in [1.807, 2.05) is 19.1 Å². The molecule has 0 radical (unpaired) electrons. The van der Waals surface area contributed by atoms with Crippen LogP contribution in [-0.4, -0.2) is 27.3 Å². The number of nitrogens with one attached hydrogen (secondary N) is 2. The second-order valence-electron chi connectivity index (χ2n) is 7.33. The monoisotopic (exact) mass is 451 g/mol. The van der Waals surface area contributed by atoms with Gasteiger partial charge in [-0.25, -0.2) is 8.42 Å². The maximum Gasteiger partial charge on any atom is 0.264 e. The third-order valence-electron chi connectivity index (χ3n) is 4.95. The lowest BCUT2D eigenvalue weighted by Crippen LogP contribution is -2.28. The quantitative estimate of drug-likeness (QED) is 0.568. The van der Waals surface area contributed by atoms with E-state index < -0.39 is 10.0 Å². The Labute approximate surface area is 188 Å². The first-order chi connectivity index (χ1) is 15.2. The maximum atomic E-state index is 12.9. The van der Waals surface area contributed by atoms with Crippen LogP contribution in [0.2, 0.25) is 0 Å². The number of anilines is 2. The summed E-state index contributed by atoms with van der Waals surface area (Å²) in [6.45, 7) is 3.26. The first-order valence-corrected chi connectivity index (χ1v) is 11.4. The number of hydrogen-bond acceptors (Lipinski definition) is 4. The summed E-state index contributed by atoms with van der Waals surface area (Å²) in [4.78, 5) is 24.0. The first-order valence-electron chi connectivity index (χ1n) is 10.0. The van der Waals surface area contributed by atoms with Crippen molar-refractivity contribution in [1.82, 2.24) is 5.32 Å². The van der Waals surface area contributed by atoms with Crippen LogP contribution in [0.1, 0.15) is 35.8 Å². The highest BCUT2D eigenvalue weighted by molar-refractivity contribution is 7.92. The van der Waals surface area contributed by atoms with E-state index in [-0.39, 0.29) is 22.8 Å². The molecule has 0 saturated carbocycles. The number of rotatable bonds is 7. The molecule has 1 unspecified atom stereocenters. The van der Waals surface area contributed by atoms with E-state index in [1.54, 1.807) is 42.5 Å². The Hall–Kier alpha value is -3.65. The second kappa shape index (κ2) is 9.65. The predicted octanol–water partition coefficient (Wildman–Crippen LogP) is 3.96. The summed E-state index contributed by atoms with van der Waals surface area (Å²) in [6, 6.07) is 21.5. The van der Waals surface area contributed by atoms with Gasteiger partial charge in [0.05, 0.1) is 16.6 Å². The van der Waals surface area contributed by atoms with Crippen molar-refractivity contribution in [3.63, 3.8) is 0 Å². The van der Waals surface area contributed by atoms with Crippen molar-refractivity contribution in [1.29, 1.82) is 0 Å². The standard InChI is InChI=1S/C24H25N3O4S/c1-17(20-8-7-9-21(16-20)26-18(2)28)25-24(29)19-12-14-23(15-13-19)32(30,31)27(3)22-10-5-4-6-11-22/h4-17H,1-3H3,(H,25,29)(H,26,28). The number of carbonyl (C=O) groups excluding carboxylic acids is 2. The molecule has 0 bridgehead atoms. The van der Waals surface area contributed by atoms with E-state index in [2.05, 4.69) is 10.6 Å². The molecule has 32 heavy (non-hydrogen) atoms. The lowest BCUT2D eigenvalue weighted by molar-refractivity contribution is -0.114. The molecule has 0 aliphatic heterocycles. The van der Waals surface area contributed by atoms with E-state index in [0.29, 0.717) is 16.9 Å². The number of sulfonamides is 1. The third kappa shape index (κ3) is 5.33. The minimum atomic E-state index is -3.75. The van der Waals surface area contributed by atoms with Crippen molar-refractivity contribution in [2.24, 2.45) is 0 Å². The number of hydrogen-bond donors (Lipinski definition) is 2. The van der Waals surface area contributed by atoms with Crippen LogP contribution in [0, 0.1) is 0 Å². The van der Waals surface area contributed by atoms with Crippen molar-refractivity contribution in [3.05, 3.63) is 90.0 Å². The molecule has 0 spiro atoms. The summed E-state index contributed by atoms with van der Waals surface area (Å²) < 4.78 is 27.0. The molecule has 0 saturated heterocycles. The molecule has 0 aliphatic carbocycles. The summed E-state index contributed by atoms with van der Waals surface area (Å²) in [5, 5.41) is 5.60. The molecule has 2 amide bonds. The zero-order valence-electron chi connectivity index (χ0n) is 18.1. The van der Waals surface area contributed by atoms with Gasteiger partial charge in [-0.05, 0) is 61.0 Å². The van der Waals surface area contributed by atoms with Crippen LogP contribution >= 0.6 is 0 Å². The first kappa shape index (κ1) is 23.0. The van der Waals surface area contributed by atoms with Gasteiger partial charge in [-0.1, -0.05) is 30.3 Å². The Bertz CT molecular complexity index is 1210. The Kier molecular flexibility index (Phi) is 6.95. The smallest absolute Gasteiger partial charge is 0.264 e. The lowest BCUT2D eigenvalue weighted by Gasteiger charge is -2.19. The Morgan fingerprint density at radius 3 is 2.19 bits per heavy atom. The molecular formula is C24H25N3O4S. The molecule has 0 aromatic heterocycles. The van der Waals surface area contributed by atoms with Crippen LogP contribution in [0.5, 0.6) is 0 Å². The molecule has 3 aromatic rings.